The lowest BCUT2D eigenvalue weighted by Gasteiger charge is -2.37. The van der Waals surface area contributed by atoms with E-state index in [0.29, 0.717) is 18.7 Å². The third kappa shape index (κ3) is 4.01. The van der Waals surface area contributed by atoms with E-state index < -0.39 is 36.1 Å². The lowest BCUT2D eigenvalue weighted by Crippen LogP contribution is -2.52. The first kappa shape index (κ1) is 21.3. The fourth-order valence-electron chi connectivity index (χ4n) is 3.88. The number of ether oxygens (including phenoxy) is 2. The van der Waals surface area contributed by atoms with Crippen LogP contribution in [-0.4, -0.2) is 51.3 Å². The molecule has 5 rings (SSSR count). The Morgan fingerprint density at radius 1 is 1.18 bits per heavy atom. The zero-order valence-electron chi connectivity index (χ0n) is 16.9. The van der Waals surface area contributed by atoms with Gasteiger partial charge >= 0.3 is 6.43 Å². The fourth-order valence-corrected chi connectivity index (χ4v) is 3.88. The van der Waals surface area contributed by atoms with Crippen molar-refractivity contribution in [2.75, 3.05) is 13.2 Å². The predicted octanol–water partition coefficient (Wildman–Crippen LogP) is 3.54. The zero-order valence-corrected chi connectivity index (χ0v) is 16.9. The normalized spacial score (nSPS) is 20.4. The number of aromatic nitrogens is 3. The highest BCUT2D eigenvalue weighted by atomic mass is 19.3. The van der Waals surface area contributed by atoms with Crippen LogP contribution >= 0.6 is 0 Å². The number of hydrogen-bond donors (Lipinski definition) is 0. The first-order chi connectivity index (χ1) is 15.9. The van der Waals surface area contributed by atoms with Gasteiger partial charge in [0.2, 0.25) is 5.89 Å². The second-order valence-corrected chi connectivity index (χ2v) is 7.56. The molecule has 8 nitrogen and oxygen atoms in total. The molecule has 2 unspecified atom stereocenters. The van der Waals surface area contributed by atoms with Gasteiger partial charge < -0.3 is 18.8 Å². The molecule has 1 aromatic carbocycles. The van der Waals surface area contributed by atoms with Crippen LogP contribution in [0.1, 0.15) is 34.8 Å². The maximum atomic E-state index is 14.1. The van der Waals surface area contributed by atoms with Crippen molar-refractivity contribution in [3.05, 3.63) is 59.2 Å². The van der Waals surface area contributed by atoms with Gasteiger partial charge in [0.15, 0.2) is 11.6 Å². The molecule has 1 fully saturated rings. The number of carbonyl (C=O) groups is 1. The summed E-state index contributed by atoms with van der Waals surface area (Å²) in [5, 5.41) is 6.86. The van der Waals surface area contributed by atoms with Crippen LogP contribution in [-0.2, 0) is 11.3 Å². The van der Waals surface area contributed by atoms with E-state index >= 15 is 0 Å². The van der Waals surface area contributed by atoms with Gasteiger partial charge in [-0.1, -0.05) is 0 Å². The second kappa shape index (κ2) is 8.43. The van der Waals surface area contributed by atoms with Crippen LogP contribution in [0.25, 0.3) is 11.5 Å². The highest BCUT2D eigenvalue weighted by Gasteiger charge is 2.41. The van der Waals surface area contributed by atoms with Crippen LogP contribution in [0.15, 0.2) is 34.9 Å². The Morgan fingerprint density at radius 2 is 2.03 bits per heavy atom. The minimum atomic E-state index is -2.92. The standard InChI is InChI=1S/C21H16F4N4O4/c22-11-1-2-16(13(23)6-11)32-17-3-4-31-9-15(17)29-8-14-12(21(29)30)5-10(7-26-14)19-27-28-20(33-19)18(24)25/h1-2,5-7,15,17-18H,3-4,8-9H2. The van der Waals surface area contributed by atoms with Crippen molar-refractivity contribution in [2.24, 2.45) is 0 Å². The maximum absolute atomic E-state index is 14.1. The number of halogens is 4. The summed E-state index contributed by atoms with van der Waals surface area (Å²) in [4.78, 5) is 18.9. The number of amides is 1. The van der Waals surface area contributed by atoms with Gasteiger partial charge in [0.25, 0.3) is 11.8 Å². The molecule has 1 saturated heterocycles. The van der Waals surface area contributed by atoms with Crippen LogP contribution in [0.5, 0.6) is 5.75 Å². The van der Waals surface area contributed by atoms with Gasteiger partial charge in [0, 0.05) is 18.7 Å². The summed E-state index contributed by atoms with van der Waals surface area (Å²) < 4.78 is 69.0. The number of hydrogen-bond acceptors (Lipinski definition) is 7. The summed E-state index contributed by atoms with van der Waals surface area (Å²) in [7, 11) is 0. The van der Waals surface area contributed by atoms with E-state index in [1.807, 2.05) is 0 Å². The molecule has 4 heterocycles. The maximum Gasteiger partial charge on any atom is 0.314 e. The Morgan fingerprint density at radius 3 is 2.79 bits per heavy atom. The van der Waals surface area contributed by atoms with E-state index in [1.54, 1.807) is 0 Å². The number of carbonyl (C=O) groups excluding carboxylic acids is 1. The average Bonchev–Trinajstić information content (AvgIpc) is 3.41. The van der Waals surface area contributed by atoms with E-state index in [1.165, 1.54) is 23.2 Å². The van der Waals surface area contributed by atoms with Crippen LogP contribution < -0.4 is 4.74 Å². The first-order valence-corrected chi connectivity index (χ1v) is 10.0. The highest BCUT2D eigenvalue weighted by molar-refractivity contribution is 5.99. The van der Waals surface area contributed by atoms with E-state index in [2.05, 4.69) is 15.2 Å². The quantitative estimate of drug-likeness (QED) is 0.534. The lowest BCUT2D eigenvalue weighted by molar-refractivity contribution is -0.0440. The molecule has 0 spiro atoms. The molecule has 172 valence electrons. The van der Waals surface area contributed by atoms with Crippen molar-refractivity contribution in [3.8, 4) is 17.2 Å². The third-order valence-electron chi connectivity index (χ3n) is 5.49. The number of benzene rings is 1. The molecule has 0 saturated carbocycles. The molecule has 3 aromatic rings. The topological polar surface area (TPSA) is 90.6 Å². The summed E-state index contributed by atoms with van der Waals surface area (Å²) >= 11 is 0. The average molecular weight is 464 g/mol. The van der Waals surface area contributed by atoms with Gasteiger partial charge in [0.05, 0.1) is 42.6 Å². The molecule has 0 radical (unpaired) electrons. The molecular formula is C21H16F4N4O4. The summed E-state index contributed by atoms with van der Waals surface area (Å²) in [6, 6.07) is 3.91. The van der Waals surface area contributed by atoms with E-state index in [-0.39, 0.29) is 41.8 Å². The zero-order chi connectivity index (χ0) is 23.1. The first-order valence-electron chi connectivity index (χ1n) is 10.0. The van der Waals surface area contributed by atoms with Gasteiger partial charge in [-0.2, -0.15) is 8.78 Å². The molecule has 2 aliphatic rings. The van der Waals surface area contributed by atoms with E-state index in [4.69, 9.17) is 13.9 Å². The smallest absolute Gasteiger partial charge is 0.314 e. The monoisotopic (exact) mass is 464 g/mol. The number of nitrogens with zero attached hydrogens (tertiary/aromatic N) is 4. The lowest BCUT2D eigenvalue weighted by atomic mass is 10.0. The van der Waals surface area contributed by atoms with Crippen LogP contribution in [0.3, 0.4) is 0 Å². The highest BCUT2D eigenvalue weighted by Crippen LogP contribution is 2.32. The number of rotatable bonds is 5. The molecule has 2 aliphatic heterocycles. The van der Waals surface area contributed by atoms with Gasteiger partial charge in [-0.05, 0) is 18.2 Å². The SMILES string of the molecule is O=C1c2cc(-c3nnc(C(F)F)o3)cnc2CN1C1COCCC1Oc1ccc(F)cc1F. The summed E-state index contributed by atoms with van der Waals surface area (Å²) in [6.07, 6.45) is -1.77. The summed E-state index contributed by atoms with van der Waals surface area (Å²) in [5.41, 5.74) is 0.945. The van der Waals surface area contributed by atoms with E-state index in [9.17, 15) is 22.4 Å². The van der Waals surface area contributed by atoms with Crippen molar-refractivity contribution < 1.29 is 36.2 Å². The van der Waals surface area contributed by atoms with Crippen LogP contribution in [0, 0.1) is 11.6 Å². The number of pyridine rings is 1. The van der Waals surface area contributed by atoms with Crippen molar-refractivity contribution in [1.82, 2.24) is 20.1 Å². The van der Waals surface area contributed by atoms with Crippen molar-refractivity contribution in [2.45, 2.75) is 31.5 Å². The molecular weight excluding hydrogens is 448 g/mol. The Balaban J connectivity index is 1.38. The molecule has 0 bridgehead atoms. The van der Waals surface area contributed by atoms with Crippen molar-refractivity contribution in [3.63, 3.8) is 0 Å². The van der Waals surface area contributed by atoms with Crippen LogP contribution in [0.4, 0.5) is 17.6 Å². The van der Waals surface area contributed by atoms with Crippen molar-refractivity contribution >= 4 is 5.91 Å². The van der Waals surface area contributed by atoms with E-state index in [0.717, 1.165) is 12.1 Å². The Kier molecular flexibility index (Phi) is 5.44. The molecule has 12 heteroatoms. The molecule has 33 heavy (non-hydrogen) atoms. The minimum Gasteiger partial charge on any atom is -0.485 e. The summed E-state index contributed by atoms with van der Waals surface area (Å²) in [5.74, 6) is -3.07. The Bertz CT molecular complexity index is 1200. The molecule has 0 aliphatic carbocycles. The predicted molar refractivity (Wildman–Crippen MR) is 102 cm³/mol. The van der Waals surface area contributed by atoms with Gasteiger partial charge in [-0.15, -0.1) is 10.2 Å². The minimum absolute atomic E-state index is 0.121. The van der Waals surface area contributed by atoms with Crippen LogP contribution in [0.2, 0.25) is 0 Å². The molecule has 2 atom stereocenters. The molecule has 1 amide bonds. The number of alkyl halides is 2. The summed E-state index contributed by atoms with van der Waals surface area (Å²) in [6.45, 7) is 0.660. The number of fused-ring (bicyclic) bond motifs is 1. The Hall–Kier alpha value is -3.54. The second-order valence-electron chi connectivity index (χ2n) is 7.56. The van der Waals surface area contributed by atoms with Crippen molar-refractivity contribution in [1.29, 1.82) is 0 Å². The van der Waals surface area contributed by atoms with Gasteiger partial charge in [-0.3, -0.25) is 9.78 Å². The molecule has 2 aromatic heterocycles. The largest absolute Gasteiger partial charge is 0.485 e. The third-order valence-corrected chi connectivity index (χ3v) is 5.49. The fraction of sp³-hybridized carbons (Fsp3) is 0.333. The van der Waals surface area contributed by atoms with Gasteiger partial charge in [-0.25, -0.2) is 8.78 Å². The van der Waals surface area contributed by atoms with Gasteiger partial charge in [0.1, 0.15) is 11.9 Å². The molecule has 0 N–H and O–H groups in total. The Labute approximate surface area is 184 Å².